The van der Waals surface area contributed by atoms with E-state index in [0.29, 0.717) is 6.04 Å². The van der Waals surface area contributed by atoms with Crippen molar-refractivity contribution in [3.8, 4) is 0 Å². The smallest absolute Gasteiger partial charge is 0.106 e. The molecule has 0 aromatic carbocycles. The SMILES string of the molecule is CCCNC(CC)Cn1c(C)nc2c1CCCC2. The van der Waals surface area contributed by atoms with E-state index in [-0.39, 0.29) is 0 Å². The highest BCUT2D eigenvalue weighted by Gasteiger charge is 2.19. The maximum absolute atomic E-state index is 4.75. The van der Waals surface area contributed by atoms with Gasteiger partial charge >= 0.3 is 0 Å². The summed E-state index contributed by atoms with van der Waals surface area (Å²) in [5.74, 6) is 1.21. The molecule has 0 fully saturated rings. The molecule has 0 amide bonds. The topological polar surface area (TPSA) is 29.9 Å². The second-order valence-corrected chi connectivity index (χ2v) is 5.43. The molecule has 2 rings (SSSR count). The van der Waals surface area contributed by atoms with Crippen molar-refractivity contribution in [2.75, 3.05) is 6.54 Å². The summed E-state index contributed by atoms with van der Waals surface area (Å²) in [5, 5.41) is 3.64. The van der Waals surface area contributed by atoms with Crippen molar-refractivity contribution in [1.29, 1.82) is 0 Å². The van der Waals surface area contributed by atoms with Crippen molar-refractivity contribution >= 4 is 0 Å². The zero-order chi connectivity index (χ0) is 13.0. The molecule has 102 valence electrons. The van der Waals surface area contributed by atoms with Crippen molar-refractivity contribution in [2.45, 2.75) is 71.9 Å². The van der Waals surface area contributed by atoms with Crippen LogP contribution in [-0.4, -0.2) is 22.1 Å². The second kappa shape index (κ2) is 6.37. The number of rotatable bonds is 6. The highest BCUT2D eigenvalue weighted by molar-refractivity contribution is 5.20. The highest BCUT2D eigenvalue weighted by Crippen LogP contribution is 2.22. The fraction of sp³-hybridized carbons (Fsp3) is 0.800. The zero-order valence-electron chi connectivity index (χ0n) is 12.1. The first-order valence-corrected chi connectivity index (χ1v) is 7.54. The number of nitrogens with one attached hydrogen (secondary N) is 1. The van der Waals surface area contributed by atoms with Gasteiger partial charge in [-0.3, -0.25) is 0 Å². The minimum atomic E-state index is 0.587. The predicted molar refractivity (Wildman–Crippen MR) is 76.0 cm³/mol. The van der Waals surface area contributed by atoms with Crippen LogP contribution in [-0.2, 0) is 19.4 Å². The summed E-state index contributed by atoms with van der Waals surface area (Å²) in [6.07, 6.45) is 7.44. The van der Waals surface area contributed by atoms with Crippen LogP contribution in [0, 0.1) is 6.92 Å². The first kappa shape index (κ1) is 13.6. The van der Waals surface area contributed by atoms with Gasteiger partial charge in [0.05, 0.1) is 5.69 Å². The average Bonchev–Trinajstić information content (AvgIpc) is 2.70. The lowest BCUT2D eigenvalue weighted by atomic mass is 10.0. The predicted octanol–water partition coefficient (Wildman–Crippen LogP) is 2.85. The van der Waals surface area contributed by atoms with Gasteiger partial charge < -0.3 is 9.88 Å². The lowest BCUT2D eigenvalue weighted by Gasteiger charge is -2.21. The Bertz CT molecular complexity index is 381. The van der Waals surface area contributed by atoms with Crippen LogP contribution >= 0.6 is 0 Å². The van der Waals surface area contributed by atoms with E-state index >= 15 is 0 Å². The Morgan fingerprint density at radius 2 is 2.06 bits per heavy atom. The van der Waals surface area contributed by atoms with E-state index in [1.54, 1.807) is 0 Å². The molecule has 1 aromatic rings. The highest BCUT2D eigenvalue weighted by atomic mass is 15.1. The molecule has 1 atom stereocenters. The van der Waals surface area contributed by atoms with Crippen molar-refractivity contribution in [3.63, 3.8) is 0 Å². The molecule has 18 heavy (non-hydrogen) atoms. The molecule has 1 N–H and O–H groups in total. The van der Waals surface area contributed by atoms with E-state index in [0.717, 1.165) is 13.1 Å². The Morgan fingerprint density at radius 3 is 2.78 bits per heavy atom. The summed E-state index contributed by atoms with van der Waals surface area (Å²) in [7, 11) is 0. The Hall–Kier alpha value is -0.830. The van der Waals surface area contributed by atoms with E-state index in [1.807, 2.05) is 0 Å². The molecule has 0 bridgehead atoms. The number of imidazole rings is 1. The molecular formula is C15H27N3. The number of aryl methyl sites for hydroxylation is 2. The Balaban J connectivity index is 2.09. The van der Waals surface area contributed by atoms with Gasteiger partial charge in [-0.1, -0.05) is 13.8 Å². The standard InChI is InChI=1S/C15H27N3/c1-4-10-16-13(5-2)11-18-12(3)17-14-8-6-7-9-15(14)18/h13,16H,4-11H2,1-3H3. The average molecular weight is 249 g/mol. The van der Waals surface area contributed by atoms with Crippen LogP contribution in [0.25, 0.3) is 0 Å². The normalized spacial score (nSPS) is 16.6. The van der Waals surface area contributed by atoms with Crippen molar-refractivity contribution < 1.29 is 0 Å². The molecule has 0 saturated carbocycles. The monoisotopic (exact) mass is 249 g/mol. The molecule has 3 heteroatoms. The van der Waals surface area contributed by atoms with E-state index < -0.39 is 0 Å². The third-order valence-electron chi connectivity index (χ3n) is 4.00. The molecule has 1 aliphatic rings. The quantitative estimate of drug-likeness (QED) is 0.840. The lowest BCUT2D eigenvalue weighted by Crippen LogP contribution is -2.34. The third kappa shape index (κ3) is 2.94. The number of aromatic nitrogens is 2. The van der Waals surface area contributed by atoms with Gasteiger partial charge in [-0.25, -0.2) is 4.98 Å². The summed E-state index contributed by atoms with van der Waals surface area (Å²) < 4.78 is 2.46. The van der Waals surface area contributed by atoms with Gasteiger partial charge in [0.25, 0.3) is 0 Å². The molecule has 3 nitrogen and oxygen atoms in total. The Labute approximate surface area is 111 Å². The van der Waals surface area contributed by atoms with Gasteiger partial charge in [-0.2, -0.15) is 0 Å². The van der Waals surface area contributed by atoms with Crippen LogP contribution in [0.3, 0.4) is 0 Å². The number of hydrogen-bond donors (Lipinski definition) is 1. The summed E-state index contributed by atoms with van der Waals surface area (Å²) in [6.45, 7) is 8.86. The van der Waals surface area contributed by atoms with Gasteiger partial charge in [0.2, 0.25) is 0 Å². The minimum absolute atomic E-state index is 0.587. The van der Waals surface area contributed by atoms with Crippen molar-refractivity contribution in [1.82, 2.24) is 14.9 Å². The first-order valence-electron chi connectivity index (χ1n) is 7.54. The van der Waals surface area contributed by atoms with Crippen LogP contribution in [0.4, 0.5) is 0 Å². The third-order valence-corrected chi connectivity index (χ3v) is 4.00. The zero-order valence-corrected chi connectivity index (χ0v) is 12.1. The minimum Gasteiger partial charge on any atom is -0.330 e. The van der Waals surface area contributed by atoms with E-state index in [9.17, 15) is 0 Å². The van der Waals surface area contributed by atoms with Crippen LogP contribution < -0.4 is 5.32 Å². The summed E-state index contributed by atoms with van der Waals surface area (Å²) in [4.78, 5) is 4.75. The molecule has 1 unspecified atom stereocenters. The van der Waals surface area contributed by atoms with Crippen LogP contribution in [0.2, 0.25) is 0 Å². The van der Waals surface area contributed by atoms with Gasteiger partial charge in [0.1, 0.15) is 5.82 Å². The summed E-state index contributed by atoms with van der Waals surface area (Å²) in [5.41, 5.74) is 2.87. The molecular weight excluding hydrogens is 222 g/mol. The van der Waals surface area contributed by atoms with Crippen molar-refractivity contribution in [2.24, 2.45) is 0 Å². The van der Waals surface area contributed by atoms with Crippen LogP contribution in [0.1, 0.15) is 56.7 Å². The second-order valence-electron chi connectivity index (χ2n) is 5.43. The van der Waals surface area contributed by atoms with E-state index in [4.69, 9.17) is 4.98 Å². The number of fused-ring (bicyclic) bond motifs is 1. The molecule has 1 aliphatic carbocycles. The maximum Gasteiger partial charge on any atom is 0.106 e. The van der Waals surface area contributed by atoms with E-state index in [1.165, 1.54) is 55.7 Å². The van der Waals surface area contributed by atoms with Gasteiger partial charge in [0, 0.05) is 18.3 Å². The van der Waals surface area contributed by atoms with Crippen LogP contribution in [0.15, 0.2) is 0 Å². The Kier molecular flexibility index (Phi) is 4.81. The van der Waals surface area contributed by atoms with Crippen LogP contribution in [0.5, 0.6) is 0 Å². The number of hydrogen-bond acceptors (Lipinski definition) is 2. The van der Waals surface area contributed by atoms with E-state index in [2.05, 4.69) is 30.7 Å². The molecule has 1 heterocycles. The summed E-state index contributed by atoms with van der Waals surface area (Å²) >= 11 is 0. The fourth-order valence-corrected chi connectivity index (χ4v) is 2.88. The lowest BCUT2D eigenvalue weighted by molar-refractivity contribution is 0.423. The largest absolute Gasteiger partial charge is 0.330 e. The molecule has 0 aliphatic heterocycles. The first-order chi connectivity index (χ1) is 8.76. The maximum atomic E-state index is 4.75. The van der Waals surface area contributed by atoms with Gasteiger partial charge in [-0.05, 0) is 52.0 Å². The molecule has 0 radical (unpaired) electrons. The summed E-state index contributed by atoms with van der Waals surface area (Å²) in [6, 6.07) is 0.587. The van der Waals surface area contributed by atoms with Gasteiger partial charge in [-0.15, -0.1) is 0 Å². The van der Waals surface area contributed by atoms with Gasteiger partial charge in [0.15, 0.2) is 0 Å². The molecule has 0 saturated heterocycles. The molecule has 1 aromatic heterocycles. The fourth-order valence-electron chi connectivity index (χ4n) is 2.88. The molecule has 0 spiro atoms. The number of nitrogens with zero attached hydrogens (tertiary/aromatic N) is 2. The Morgan fingerprint density at radius 1 is 1.28 bits per heavy atom. The van der Waals surface area contributed by atoms with Crippen molar-refractivity contribution in [3.05, 3.63) is 17.2 Å².